The van der Waals surface area contributed by atoms with E-state index < -0.39 is 0 Å². The van der Waals surface area contributed by atoms with Crippen molar-refractivity contribution in [2.75, 3.05) is 18.2 Å². The highest BCUT2D eigenvalue weighted by molar-refractivity contribution is 7.99. The van der Waals surface area contributed by atoms with Crippen LogP contribution in [0.2, 0.25) is 0 Å². The van der Waals surface area contributed by atoms with Gasteiger partial charge in [0.25, 0.3) is 0 Å². The maximum absolute atomic E-state index is 12.2. The molecule has 140 valence electrons. The van der Waals surface area contributed by atoms with Gasteiger partial charge in [0.2, 0.25) is 5.91 Å². The minimum atomic E-state index is -0.0739. The molecule has 0 radical (unpaired) electrons. The fourth-order valence-corrected chi connectivity index (χ4v) is 3.32. The molecule has 0 aliphatic carbocycles. The summed E-state index contributed by atoms with van der Waals surface area (Å²) in [5.41, 5.74) is 2.95. The molecule has 0 aliphatic heterocycles. The number of thioether (sulfide) groups is 1. The van der Waals surface area contributed by atoms with E-state index in [9.17, 15) is 4.79 Å². The number of carbonyl (C=O) groups excluding carboxylic acids is 1. The number of aryl methyl sites for hydroxylation is 1. The number of hydrogen-bond donors (Lipinski definition) is 1. The van der Waals surface area contributed by atoms with Gasteiger partial charge in [-0.05, 0) is 36.2 Å². The summed E-state index contributed by atoms with van der Waals surface area (Å²) in [6.45, 7) is 2.10. The number of carbonyl (C=O) groups is 1. The molecule has 0 aliphatic rings. The molecular weight excluding hydrogens is 360 g/mol. The molecule has 1 aromatic heterocycles. The largest absolute Gasteiger partial charge is 0.497 e. The predicted octanol–water partition coefficient (Wildman–Crippen LogP) is 3.78. The zero-order valence-corrected chi connectivity index (χ0v) is 16.4. The number of aromatic nitrogens is 3. The van der Waals surface area contributed by atoms with Crippen LogP contribution in [0.3, 0.4) is 0 Å². The minimum Gasteiger partial charge on any atom is -0.497 e. The molecule has 0 saturated carbocycles. The summed E-state index contributed by atoms with van der Waals surface area (Å²) < 4.78 is 7.14. The molecule has 1 N–H and O–H groups in total. The van der Waals surface area contributed by atoms with Crippen LogP contribution in [0.4, 0.5) is 5.69 Å². The van der Waals surface area contributed by atoms with Gasteiger partial charge in [-0.15, -0.1) is 10.2 Å². The average molecular weight is 382 g/mol. The molecule has 0 fully saturated rings. The zero-order valence-electron chi connectivity index (χ0n) is 15.6. The maximum atomic E-state index is 12.2. The molecule has 1 amide bonds. The van der Waals surface area contributed by atoms with Crippen LogP contribution in [-0.4, -0.2) is 33.5 Å². The molecule has 0 spiro atoms. The highest BCUT2D eigenvalue weighted by Crippen LogP contribution is 2.25. The van der Waals surface area contributed by atoms with Gasteiger partial charge < -0.3 is 14.6 Å². The van der Waals surface area contributed by atoms with Crippen molar-refractivity contribution in [3.05, 3.63) is 54.1 Å². The van der Waals surface area contributed by atoms with E-state index >= 15 is 0 Å². The number of ether oxygens (including phenoxy) is 1. The summed E-state index contributed by atoms with van der Waals surface area (Å²) in [5, 5.41) is 12.0. The van der Waals surface area contributed by atoms with Crippen LogP contribution in [0, 0.1) is 0 Å². The number of nitrogens with zero attached hydrogens (tertiary/aromatic N) is 3. The highest BCUT2D eigenvalue weighted by atomic mass is 32.2. The van der Waals surface area contributed by atoms with E-state index in [0.717, 1.165) is 29.2 Å². The molecule has 6 nitrogen and oxygen atoms in total. The Balaban J connectivity index is 1.62. The third-order valence-electron chi connectivity index (χ3n) is 4.14. The number of amides is 1. The molecule has 0 unspecified atom stereocenters. The lowest BCUT2D eigenvalue weighted by Crippen LogP contribution is -2.14. The van der Waals surface area contributed by atoms with Crippen molar-refractivity contribution in [1.82, 2.24) is 14.8 Å². The average Bonchev–Trinajstić information content (AvgIpc) is 3.07. The third kappa shape index (κ3) is 4.68. The van der Waals surface area contributed by atoms with Crippen molar-refractivity contribution in [3.8, 4) is 17.1 Å². The zero-order chi connectivity index (χ0) is 19.2. The topological polar surface area (TPSA) is 69.0 Å². The van der Waals surface area contributed by atoms with Crippen LogP contribution < -0.4 is 10.1 Å². The van der Waals surface area contributed by atoms with Gasteiger partial charge in [0.05, 0.1) is 12.9 Å². The Morgan fingerprint density at radius 3 is 2.67 bits per heavy atom. The summed E-state index contributed by atoms with van der Waals surface area (Å²) >= 11 is 1.35. The van der Waals surface area contributed by atoms with E-state index in [0.29, 0.717) is 5.16 Å². The quantitative estimate of drug-likeness (QED) is 0.630. The summed E-state index contributed by atoms with van der Waals surface area (Å²) in [6.07, 6.45) is 0.978. The van der Waals surface area contributed by atoms with Crippen molar-refractivity contribution in [2.45, 2.75) is 18.5 Å². The van der Waals surface area contributed by atoms with Gasteiger partial charge in [-0.1, -0.05) is 43.0 Å². The standard InChI is InChI=1S/C20H22N4O2S/c1-4-14-8-10-16(11-9-14)21-18(25)13-27-20-23-22-19(24(20)2)15-6-5-7-17(12-15)26-3/h5-12H,4,13H2,1-3H3,(H,21,25). The van der Waals surface area contributed by atoms with Crippen molar-refractivity contribution in [2.24, 2.45) is 7.05 Å². The first-order valence-corrected chi connectivity index (χ1v) is 9.64. The second-order valence-corrected chi connectivity index (χ2v) is 6.93. The second kappa shape index (κ2) is 8.73. The first-order chi connectivity index (χ1) is 13.1. The van der Waals surface area contributed by atoms with E-state index in [-0.39, 0.29) is 11.7 Å². The number of anilines is 1. The van der Waals surface area contributed by atoms with Crippen LogP contribution in [0.15, 0.2) is 53.7 Å². The first kappa shape index (κ1) is 19.0. The Kier molecular flexibility index (Phi) is 6.13. The van der Waals surface area contributed by atoms with Crippen molar-refractivity contribution < 1.29 is 9.53 Å². The molecular formula is C20H22N4O2S. The lowest BCUT2D eigenvalue weighted by Gasteiger charge is -2.07. The van der Waals surface area contributed by atoms with Crippen LogP contribution >= 0.6 is 11.8 Å². The Hall–Kier alpha value is -2.80. The fraction of sp³-hybridized carbons (Fsp3) is 0.250. The molecule has 0 bridgehead atoms. The van der Waals surface area contributed by atoms with Crippen LogP contribution in [0.1, 0.15) is 12.5 Å². The number of benzene rings is 2. The monoisotopic (exact) mass is 382 g/mol. The maximum Gasteiger partial charge on any atom is 0.234 e. The van der Waals surface area contributed by atoms with E-state index in [1.54, 1.807) is 7.11 Å². The highest BCUT2D eigenvalue weighted by Gasteiger charge is 2.13. The van der Waals surface area contributed by atoms with Crippen molar-refractivity contribution in [1.29, 1.82) is 0 Å². The molecule has 2 aromatic carbocycles. The number of rotatable bonds is 7. The van der Waals surface area contributed by atoms with Gasteiger partial charge in [-0.3, -0.25) is 4.79 Å². The SMILES string of the molecule is CCc1ccc(NC(=O)CSc2nnc(-c3cccc(OC)c3)n2C)cc1. The molecule has 3 rings (SSSR count). The molecule has 0 atom stereocenters. The van der Waals surface area contributed by atoms with Crippen LogP contribution in [-0.2, 0) is 18.3 Å². The normalized spacial score (nSPS) is 10.6. The van der Waals surface area contributed by atoms with E-state index in [2.05, 4.69) is 22.4 Å². The van der Waals surface area contributed by atoms with Gasteiger partial charge in [-0.2, -0.15) is 0 Å². The summed E-state index contributed by atoms with van der Waals surface area (Å²) in [6, 6.07) is 15.5. The lowest BCUT2D eigenvalue weighted by atomic mass is 10.1. The molecule has 27 heavy (non-hydrogen) atoms. The van der Waals surface area contributed by atoms with Gasteiger partial charge in [0.15, 0.2) is 11.0 Å². The van der Waals surface area contributed by atoms with Crippen molar-refractivity contribution in [3.63, 3.8) is 0 Å². The Labute approximate surface area is 163 Å². The van der Waals surface area contributed by atoms with Crippen molar-refractivity contribution >= 4 is 23.4 Å². The van der Waals surface area contributed by atoms with Gasteiger partial charge >= 0.3 is 0 Å². The van der Waals surface area contributed by atoms with E-state index in [1.807, 2.05) is 60.1 Å². The summed E-state index contributed by atoms with van der Waals surface area (Å²) in [4.78, 5) is 12.2. The lowest BCUT2D eigenvalue weighted by molar-refractivity contribution is -0.113. The summed E-state index contributed by atoms with van der Waals surface area (Å²) in [7, 11) is 3.52. The van der Waals surface area contributed by atoms with Gasteiger partial charge in [-0.25, -0.2) is 0 Å². The second-order valence-electron chi connectivity index (χ2n) is 5.98. The predicted molar refractivity (Wildman–Crippen MR) is 108 cm³/mol. The Bertz CT molecular complexity index is 922. The summed E-state index contributed by atoms with van der Waals surface area (Å²) in [5.74, 6) is 1.68. The van der Waals surface area contributed by atoms with Crippen LogP contribution in [0.5, 0.6) is 5.75 Å². The first-order valence-electron chi connectivity index (χ1n) is 8.66. The molecule has 1 heterocycles. The van der Waals surface area contributed by atoms with Gasteiger partial charge in [0, 0.05) is 18.3 Å². The third-order valence-corrected chi connectivity index (χ3v) is 5.16. The van der Waals surface area contributed by atoms with E-state index in [4.69, 9.17) is 4.74 Å². The number of methoxy groups -OCH3 is 1. The number of nitrogens with one attached hydrogen (secondary N) is 1. The Morgan fingerprint density at radius 2 is 1.96 bits per heavy atom. The van der Waals surface area contributed by atoms with Crippen LogP contribution in [0.25, 0.3) is 11.4 Å². The molecule has 3 aromatic rings. The number of hydrogen-bond acceptors (Lipinski definition) is 5. The van der Waals surface area contributed by atoms with Gasteiger partial charge in [0.1, 0.15) is 5.75 Å². The Morgan fingerprint density at radius 1 is 1.19 bits per heavy atom. The van der Waals surface area contributed by atoms with E-state index in [1.165, 1.54) is 17.3 Å². The minimum absolute atomic E-state index is 0.0739. The smallest absolute Gasteiger partial charge is 0.234 e. The fourth-order valence-electron chi connectivity index (χ4n) is 2.61. The molecule has 7 heteroatoms. The molecule has 0 saturated heterocycles.